The average Bonchev–Trinajstić information content (AvgIpc) is 3.18. The Balaban J connectivity index is 0.00000271. The van der Waals surface area contributed by atoms with Crippen LogP contribution in [0.4, 0.5) is 37.1 Å². The molecule has 1 aliphatic rings. The van der Waals surface area contributed by atoms with Gasteiger partial charge in [-0.1, -0.05) is 82.0 Å². The molecule has 0 aliphatic carbocycles. The van der Waals surface area contributed by atoms with Crippen molar-refractivity contribution >= 4 is 24.7 Å². The highest BCUT2D eigenvalue weighted by Gasteiger charge is 2.43. The third-order valence-electron chi connectivity index (χ3n) is 8.75. The molecule has 3 atom stereocenters. The number of aromatic nitrogens is 2. The van der Waals surface area contributed by atoms with Crippen molar-refractivity contribution in [2.24, 2.45) is 0 Å². The number of alkyl halides is 6. The lowest BCUT2D eigenvalue weighted by Gasteiger charge is -2.48. The predicted octanol–water partition coefficient (Wildman–Crippen LogP) is 12.3. The van der Waals surface area contributed by atoms with Crippen LogP contribution >= 0.6 is 12.6 Å². The summed E-state index contributed by atoms with van der Waals surface area (Å²) in [6.45, 7) is 16.9. The topological polar surface area (TPSA) is 67.8 Å². The maximum Gasteiger partial charge on any atom is 0.416 e. The van der Waals surface area contributed by atoms with E-state index in [0.29, 0.717) is 25.0 Å². The molecule has 1 amide bonds. The maximum atomic E-state index is 13.9. The number of anilines is 1. The van der Waals surface area contributed by atoms with Gasteiger partial charge in [-0.05, 0) is 94.5 Å². The first kappa shape index (κ1) is 48.7. The van der Waals surface area contributed by atoms with Gasteiger partial charge in [-0.2, -0.15) is 39.0 Å². The second-order valence-electron chi connectivity index (χ2n) is 13.9. The van der Waals surface area contributed by atoms with Crippen LogP contribution in [0.15, 0.2) is 97.4 Å². The largest absolute Gasteiger partial charge is 0.486 e. The van der Waals surface area contributed by atoms with Crippen molar-refractivity contribution in [3.63, 3.8) is 0 Å². The standard InChI is InChI=1S/C40H46F6N4O3.C2H6.CH4S/c1-7-10-14-27(8-2)19-34-22-33(21-32(9-3)50(34)37(51)53-38(4,5)6)49(25-29-17-30(39(41,42)43)20-31(18-29)40(44,45)46)36-47-23-35(24-48-36)52-26-28-15-12-11-13-16-28;2*1-2/h7-8,10-18,20,23-24,32-34H,2,9,19,21-22,25-26H2,1,3-6H3;1-2H3;2H,1H3/b10-7-,27-14+;;/t32?,33-,34-;;/m0../s1. The Morgan fingerprint density at radius 1 is 0.930 bits per heavy atom. The second-order valence-corrected chi connectivity index (χ2v) is 13.9. The summed E-state index contributed by atoms with van der Waals surface area (Å²) in [7, 11) is 0. The number of carbonyl (C=O) groups is 1. The van der Waals surface area contributed by atoms with E-state index < -0.39 is 53.3 Å². The number of allylic oxidation sites excluding steroid dienone is 4. The first-order valence-electron chi connectivity index (χ1n) is 18.9. The molecule has 2 heterocycles. The highest BCUT2D eigenvalue weighted by Crippen LogP contribution is 2.39. The van der Waals surface area contributed by atoms with Gasteiger partial charge in [-0.3, -0.25) is 0 Å². The van der Waals surface area contributed by atoms with Crippen molar-refractivity contribution in [3.8, 4) is 5.75 Å². The number of benzene rings is 2. The lowest BCUT2D eigenvalue weighted by Crippen LogP contribution is -2.58. The van der Waals surface area contributed by atoms with Gasteiger partial charge in [0.05, 0.1) is 23.5 Å². The smallest absolute Gasteiger partial charge is 0.416 e. The summed E-state index contributed by atoms with van der Waals surface area (Å²) in [5.74, 6) is 0.408. The Morgan fingerprint density at radius 3 is 1.98 bits per heavy atom. The number of amides is 1. The molecule has 1 aromatic heterocycles. The van der Waals surface area contributed by atoms with Crippen LogP contribution in [-0.2, 0) is 30.2 Å². The fraction of sp³-hybridized carbons (Fsp3) is 0.465. The molecule has 0 saturated carbocycles. The Labute approximate surface area is 339 Å². The highest BCUT2D eigenvalue weighted by atomic mass is 32.1. The molecule has 1 fully saturated rings. The van der Waals surface area contributed by atoms with Gasteiger partial charge in [0.25, 0.3) is 0 Å². The normalized spacial score (nSPS) is 17.5. The van der Waals surface area contributed by atoms with Crippen molar-refractivity contribution in [3.05, 3.63) is 120 Å². The summed E-state index contributed by atoms with van der Waals surface area (Å²) >= 11 is 3.53. The zero-order valence-corrected chi connectivity index (χ0v) is 34.9. The molecule has 314 valence electrons. The minimum absolute atomic E-state index is 0.0840. The average molecular weight is 823 g/mol. The minimum atomic E-state index is -5.02. The number of likely N-dealkylation sites (tertiary alicyclic amines) is 1. The summed E-state index contributed by atoms with van der Waals surface area (Å²) in [5.41, 5.74) is -2.11. The van der Waals surface area contributed by atoms with Crippen molar-refractivity contribution < 1.29 is 40.6 Å². The Hall–Kier alpha value is -4.46. The van der Waals surface area contributed by atoms with E-state index in [4.69, 9.17) is 9.47 Å². The van der Waals surface area contributed by atoms with Gasteiger partial charge < -0.3 is 19.3 Å². The number of rotatable bonds is 12. The van der Waals surface area contributed by atoms with E-state index in [2.05, 4.69) is 29.2 Å². The summed E-state index contributed by atoms with van der Waals surface area (Å²) in [6, 6.07) is 9.54. The molecule has 1 aliphatic heterocycles. The minimum Gasteiger partial charge on any atom is -0.486 e. The van der Waals surface area contributed by atoms with Crippen molar-refractivity contribution in [2.75, 3.05) is 11.2 Å². The summed E-state index contributed by atoms with van der Waals surface area (Å²) in [5, 5.41) is 0. The van der Waals surface area contributed by atoms with Crippen LogP contribution in [0, 0.1) is 0 Å². The third kappa shape index (κ3) is 15.1. The van der Waals surface area contributed by atoms with Crippen molar-refractivity contribution in [1.82, 2.24) is 14.9 Å². The molecule has 0 bridgehead atoms. The van der Waals surface area contributed by atoms with E-state index >= 15 is 0 Å². The van der Waals surface area contributed by atoms with Crippen LogP contribution in [0.25, 0.3) is 0 Å². The summed E-state index contributed by atoms with van der Waals surface area (Å²) in [6.07, 6.45) is 2.69. The number of piperidine rings is 1. The van der Waals surface area contributed by atoms with Crippen LogP contribution in [-0.4, -0.2) is 50.9 Å². The SMILES string of the molecule is C=C/C(=C\C=C/C)C[C@H]1C[C@@H](N(Cc2cc(C(F)(F)F)cc(C(F)(F)F)c2)c2ncc(OCc3ccccc3)cn2)CC(CC)N1C(=O)OC(C)(C)C.CC.CS. The van der Waals surface area contributed by atoms with E-state index in [1.165, 1.54) is 12.4 Å². The predicted molar refractivity (Wildman–Crippen MR) is 218 cm³/mol. The lowest BCUT2D eigenvalue weighted by molar-refractivity contribution is -0.143. The van der Waals surface area contributed by atoms with Gasteiger partial charge in [0, 0.05) is 24.7 Å². The van der Waals surface area contributed by atoms with Crippen LogP contribution in [0.2, 0.25) is 0 Å². The van der Waals surface area contributed by atoms with Gasteiger partial charge in [0.2, 0.25) is 5.95 Å². The molecule has 57 heavy (non-hydrogen) atoms. The Bertz CT molecular complexity index is 1710. The molecule has 7 nitrogen and oxygen atoms in total. The summed E-state index contributed by atoms with van der Waals surface area (Å²) in [4.78, 5) is 26.1. The highest BCUT2D eigenvalue weighted by molar-refractivity contribution is 7.79. The maximum absolute atomic E-state index is 13.9. The number of hydrogen-bond donors (Lipinski definition) is 1. The van der Waals surface area contributed by atoms with E-state index in [0.717, 1.165) is 23.3 Å². The van der Waals surface area contributed by atoms with E-state index in [-0.39, 0.29) is 37.2 Å². The van der Waals surface area contributed by atoms with Gasteiger partial charge in [-0.25, -0.2) is 14.8 Å². The monoisotopic (exact) mass is 822 g/mol. The summed E-state index contributed by atoms with van der Waals surface area (Å²) < 4.78 is 95.3. The molecule has 2 aromatic carbocycles. The van der Waals surface area contributed by atoms with Crippen LogP contribution in [0.1, 0.15) is 96.4 Å². The second kappa shape index (κ2) is 22.5. The number of hydrogen-bond acceptors (Lipinski definition) is 7. The van der Waals surface area contributed by atoms with Gasteiger partial charge in [0.1, 0.15) is 12.2 Å². The van der Waals surface area contributed by atoms with Crippen molar-refractivity contribution in [2.45, 2.75) is 123 Å². The lowest BCUT2D eigenvalue weighted by atomic mass is 9.85. The molecular weight excluding hydrogens is 767 g/mol. The number of carbonyl (C=O) groups excluding carboxylic acids is 1. The van der Waals surface area contributed by atoms with Gasteiger partial charge in [0.15, 0.2) is 5.75 Å². The number of nitrogens with zero attached hydrogens (tertiary/aromatic N) is 4. The quantitative estimate of drug-likeness (QED) is 0.111. The fourth-order valence-electron chi connectivity index (χ4n) is 6.32. The molecule has 0 N–H and O–H groups in total. The van der Waals surface area contributed by atoms with E-state index in [9.17, 15) is 31.1 Å². The molecule has 1 unspecified atom stereocenters. The first-order valence-corrected chi connectivity index (χ1v) is 19.7. The molecule has 0 spiro atoms. The van der Waals surface area contributed by atoms with Crippen LogP contribution in [0.3, 0.4) is 0 Å². The Morgan fingerprint density at radius 2 is 1.49 bits per heavy atom. The zero-order chi connectivity index (χ0) is 43.0. The van der Waals surface area contributed by atoms with Crippen molar-refractivity contribution in [1.29, 1.82) is 0 Å². The van der Waals surface area contributed by atoms with Crippen LogP contribution in [0.5, 0.6) is 5.75 Å². The molecular formula is C43H56F6N4O3S. The first-order chi connectivity index (χ1) is 26.9. The number of ether oxygens (including phenoxy) is 2. The van der Waals surface area contributed by atoms with Gasteiger partial charge >= 0.3 is 18.4 Å². The van der Waals surface area contributed by atoms with Crippen LogP contribution < -0.4 is 9.64 Å². The van der Waals surface area contributed by atoms with E-state index in [1.807, 2.05) is 76.3 Å². The van der Waals surface area contributed by atoms with E-state index in [1.54, 1.807) is 42.9 Å². The fourth-order valence-corrected chi connectivity index (χ4v) is 6.32. The Kier molecular flexibility index (Phi) is 19.2. The molecule has 3 aromatic rings. The number of halogens is 6. The molecule has 4 rings (SSSR count). The zero-order valence-electron chi connectivity index (χ0n) is 34.0. The van der Waals surface area contributed by atoms with Gasteiger partial charge in [-0.15, -0.1) is 0 Å². The third-order valence-corrected chi connectivity index (χ3v) is 8.75. The molecule has 1 saturated heterocycles. The number of thiol groups is 1. The molecule has 0 radical (unpaired) electrons. The molecule has 14 heteroatoms.